The smallest absolute Gasteiger partial charge is 0.195 e. The van der Waals surface area contributed by atoms with Gasteiger partial charge in [0.1, 0.15) is 23.0 Å². The molecule has 0 saturated carbocycles. The van der Waals surface area contributed by atoms with Crippen LogP contribution in [0.15, 0.2) is 155 Å². The first-order valence-electron chi connectivity index (χ1n) is 20.6. The van der Waals surface area contributed by atoms with Crippen molar-refractivity contribution in [2.75, 3.05) is 0 Å². The lowest BCUT2D eigenvalue weighted by Crippen LogP contribution is -1.91. The van der Waals surface area contributed by atoms with Crippen LogP contribution in [0, 0.1) is 11.6 Å². The van der Waals surface area contributed by atoms with E-state index >= 15 is 4.39 Å². The quantitative estimate of drug-likeness (QED) is 0.121. The predicted octanol–water partition coefficient (Wildman–Crippen LogP) is 14.9. The Morgan fingerprint density at radius 1 is 0.484 bits per heavy atom. The molecule has 0 radical (unpaired) electrons. The number of hydrogen-bond donors (Lipinski definition) is 2. The highest BCUT2D eigenvalue weighted by Crippen LogP contribution is 2.40. The van der Waals surface area contributed by atoms with Crippen molar-refractivity contribution < 1.29 is 17.6 Å². The third-order valence-corrected chi connectivity index (χ3v) is 11.7. The molecule has 4 aromatic heterocycles. The molecule has 0 fully saturated rings. The average molecular weight is 860 g/mol. The summed E-state index contributed by atoms with van der Waals surface area (Å²) < 4.78 is 43.2. The third kappa shape index (κ3) is 8.07. The van der Waals surface area contributed by atoms with E-state index in [4.69, 9.17) is 42.0 Å². The number of aryl methyl sites for hydroxylation is 4. The minimum atomic E-state index is -0.447. The molecule has 0 aliphatic carbocycles. The van der Waals surface area contributed by atoms with Crippen LogP contribution in [0.5, 0.6) is 0 Å². The molecular weight excluding hydrogens is 821 g/mol. The van der Waals surface area contributed by atoms with E-state index in [2.05, 4.69) is 40.4 Å². The van der Waals surface area contributed by atoms with E-state index in [0.717, 1.165) is 42.3 Å². The summed E-state index contributed by atoms with van der Waals surface area (Å²) in [6.07, 6.45) is 8.52. The van der Waals surface area contributed by atoms with Crippen molar-refractivity contribution in [3.63, 3.8) is 0 Å². The molecular formula is C52H38Cl2F2N4O2. The summed E-state index contributed by atoms with van der Waals surface area (Å²) in [5.74, 6) is 1.30. The van der Waals surface area contributed by atoms with Gasteiger partial charge in [-0.25, -0.2) is 18.7 Å². The van der Waals surface area contributed by atoms with Crippen molar-refractivity contribution in [1.82, 2.24) is 19.9 Å². The molecule has 6 aromatic carbocycles. The molecule has 0 aliphatic heterocycles. The number of aromatic amines is 2. The maximum Gasteiger partial charge on any atom is 0.195 e. The van der Waals surface area contributed by atoms with Crippen molar-refractivity contribution in [3.8, 4) is 56.3 Å². The highest BCUT2D eigenvalue weighted by Gasteiger charge is 2.22. The number of benzene rings is 6. The van der Waals surface area contributed by atoms with Gasteiger partial charge in [0.2, 0.25) is 0 Å². The second-order valence-electron chi connectivity index (χ2n) is 15.4. The van der Waals surface area contributed by atoms with Crippen molar-refractivity contribution >= 4 is 45.0 Å². The third-order valence-electron chi connectivity index (χ3n) is 11.3. The van der Waals surface area contributed by atoms with E-state index in [1.807, 2.05) is 54.7 Å². The van der Waals surface area contributed by atoms with Crippen LogP contribution in [-0.4, -0.2) is 19.9 Å². The van der Waals surface area contributed by atoms with Crippen molar-refractivity contribution in [2.45, 2.75) is 38.5 Å². The van der Waals surface area contributed by atoms with Crippen LogP contribution < -0.4 is 0 Å². The van der Waals surface area contributed by atoms with Crippen LogP contribution in [0.1, 0.15) is 35.7 Å². The van der Waals surface area contributed by atoms with Gasteiger partial charge in [-0.2, -0.15) is 0 Å². The summed E-state index contributed by atoms with van der Waals surface area (Å²) in [7, 11) is 0. The van der Waals surface area contributed by atoms with E-state index in [1.54, 1.807) is 42.5 Å². The molecule has 10 heteroatoms. The second-order valence-corrected chi connectivity index (χ2v) is 16.3. The van der Waals surface area contributed by atoms with E-state index in [0.29, 0.717) is 85.4 Å². The van der Waals surface area contributed by atoms with Gasteiger partial charge < -0.3 is 18.8 Å². The number of nitrogens with zero attached hydrogens (tertiary/aromatic N) is 2. The van der Waals surface area contributed by atoms with Crippen LogP contribution in [0.2, 0.25) is 10.0 Å². The fourth-order valence-corrected chi connectivity index (χ4v) is 8.69. The fraction of sp³-hybridized carbons (Fsp3) is 0.115. The molecule has 10 rings (SSSR count). The van der Waals surface area contributed by atoms with Gasteiger partial charge in [0, 0.05) is 84.9 Å². The van der Waals surface area contributed by atoms with Gasteiger partial charge in [-0.05, 0) is 127 Å². The lowest BCUT2D eigenvalue weighted by molar-refractivity contribution is 0.498. The summed E-state index contributed by atoms with van der Waals surface area (Å²) in [5.41, 5.74) is 9.32. The molecule has 10 aromatic rings. The lowest BCUT2D eigenvalue weighted by atomic mass is 9.96. The molecule has 0 spiro atoms. The summed E-state index contributed by atoms with van der Waals surface area (Å²) in [6, 6.07) is 40.3. The van der Waals surface area contributed by atoms with E-state index < -0.39 is 5.82 Å². The number of oxazole rings is 2. The number of H-pyrrole nitrogens is 2. The number of para-hydroxylation sites is 2. The zero-order valence-electron chi connectivity index (χ0n) is 33.3. The standard InChI is InChI=1S/C52H38Cl2F2N4O2/c53-38-11-5-8-32(25-38)51-50(60-48(61-51)17-7-10-35-30-58-46-15-4-2-13-42(35)46)37-24-36(26-39(54)27-37)43-28-33(20-23-44(43)56)52-49(31-18-21-40(55)22-19-31)59-47(62-52)16-6-9-34-29-57-45-14-3-1-12-41(34)45/h1-5,8,11-15,18-30,57-58H,6-7,9-10,16-17H2. The number of halogens is 4. The average Bonchev–Trinajstić information content (AvgIpc) is 4.10. The van der Waals surface area contributed by atoms with Crippen LogP contribution in [0.25, 0.3) is 78.1 Å². The molecule has 6 nitrogen and oxygen atoms in total. The summed E-state index contributed by atoms with van der Waals surface area (Å²) in [4.78, 5) is 16.6. The molecule has 0 unspecified atom stereocenters. The van der Waals surface area contributed by atoms with Gasteiger partial charge in [0.15, 0.2) is 23.3 Å². The van der Waals surface area contributed by atoms with Gasteiger partial charge in [0.25, 0.3) is 0 Å². The normalized spacial score (nSPS) is 11.6. The Morgan fingerprint density at radius 2 is 1.03 bits per heavy atom. The first kappa shape index (κ1) is 39.4. The first-order chi connectivity index (χ1) is 30.3. The second kappa shape index (κ2) is 17.0. The monoisotopic (exact) mass is 858 g/mol. The first-order valence-corrected chi connectivity index (χ1v) is 21.3. The minimum Gasteiger partial charge on any atom is -0.440 e. The van der Waals surface area contributed by atoms with Gasteiger partial charge in [-0.3, -0.25) is 0 Å². The molecule has 0 amide bonds. The fourth-order valence-electron chi connectivity index (χ4n) is 8.27. The Bertz CT molecular complexity index is 3220. The number of hydrogen-bond acceptors (Lipinski definition) is 4. The Kier molecular flexibility index (Phi) is 10.8. The topological polar surface area (TPSA) is 83.6 Å². The van der Waals surface area contributed by atoms with Gasteiger partial charge in [0.05, 0.1) is 0 Å². The van der Waals surface area contributed by atoms with E-state index in [9.17, 15) is 4.39 Å². The SMILES string of the molecule is Fc1ccc(-c2nc(CCCc3c[nH]c4ccccc34)oc2-c2ccc(F)c(-c3cc(Cl)cc(-c4nc(CCCc5c[nH]c6ccccc56)oc4-c4cccc(Cl)c4)c3)c2)cc1. The Hall–Kier alpha value is -6.74. The number of rotatable bonds is 13. The van der Waals surface area contributed by atoms with Gasteiger partial charge in [-0.1, -0.05) is 71.7 Å². The van der Waals surface area contributed by atoms with Crippen LogP contribution in [0.3, 0.4) is 0 Å². The zero-order valence-corrected chi connectivity index (χ0v) is 34.8. The minimum absolute atomic E-state index is 0.306. The number of nitrogens with one attached hydrogen (secondary N) is 2. The molecule has 0 bridgehead atoms. The lowest BCUT2D eigenvalue weighted by Gasteiger charge is -2.10. The van der Waals surface area contributed by atoms with Crippen molar-refractivity contribution in [1.29, 1.82) is 0 Å². The van der Waals surface area contributed by atoms with Crippen LogP contribution >= 0.6 is 23.2 Å². The highest BCUT2D eigenvalue weighted by molar-refractivity contribution is 6.31. The zero-order chi connectivity index (χ0) is 42.2. The van der Waals surface area contributed by atoms with Gasteiger partial charge >= 0.3 is 0 Å². The van der Waals surface area contributed by atoms with Crippen molar-refractivity contribution in [2.24, 2.45) is 0 Å². The van der Waals surface area contributed by atoms with Crippen LogP contribution in [-0.2, 0) is 25.7 Å². The molecule has 306 valence electrons. The predicted molar refractivity (Wildman–Crippen MR) is 244 cm³/mol. The van der Waals surface area contributed by atoms with Gasteiger partial charge in [-0.15, -0.1) is 0 Å². The summed E-state index contributed by atoms with van der Waals surface area (Å²) in [6.45, 7) is 0. The molecule has 0 saturated heterocycles. The Morgan fingerprint density at radius 3 is 1.66 bits per heavy atom. The summed E-state index contributed by atoms with van der Waals surface area (Å²) in [5, 5.41) is 3.35. The summed E-state index contributed by atoms with van der Waals surface area (Å²) >= 11 is 13.3. The highest BCUT2D eigenvalue weighted by atomic mass is 35.5. The molecule has 62 heavy (non-hydrogen) atoms. The Balaban J connectivity index is 0.976. The largest absolute Gasteiger partial charge is 0.440 e. The van der Waals surface area contributed by atoms with Crippen molar-refractivity contribution in [3.05, 3.63) is 190 Å². The number of fused-ring (bicyclic) bond motifs is 2. The maximum absolute atomic E-state index is 16.1. The molecule has 4 heterocycles. The molecule has 0 aliphatic rings. The maximum atomic E-state index is 16.1. The van der Waals surface area contributed by atoms with E-state index in [1.165, 1.54) is 40.1 Å². The Labute approximate surface area is 366 Å². The number of aromatic nitrogens is 4. The molecule has 0 atom stereocenters. The van der Waals surface area contributed by atoms with Crippen LogP contribution in [0.4, 0.5) is 8.78 Å². The molecule has 2 N–H and O–H groups in total. The van der Waals surface area contributed by atoms with E-state index in [-0.39, 0.29) is 5.82 Å².